The lowest BCUT2D eigenvalue weighted by Crippen LogP contribution is -2.13. The molecule has 0 bridgehead atoms. The molecule has 70 valence electrons. The van der Waals surface area contributed by atoms with E-state index in [1.807, 2.05) is 6.07 Å². The molecule has 0 unspecified atom stereocenters. The lowest BCUT2D eigenvalue weighted by molar-refractivity contribution is 0.945. The number of halogens is 1. The minimum atomic E-state index is -0.308. The standard InChI is InChI=1S/C9H6ClN3O/c1-5-8(14)6(4-11)7-2-3-12-13(7)9(5)10/h2-3,12H,1H3. The number of hydrogen-bond acceptors (Lipinski definition) is 2. The highest BCUT2D eigenvalue weighted by Gasteiger charge is 2.13. The second-order valence-electron chi connectivity index (χ2n) is 2.91. The number of H-pyrrole nitrogens is 1. The summed E-state index contributed by atoms with van der Waals surface area (Å²) < 4.78 is 1.51. The van der Waals surface area contributed by atoms with Crippen LogP contribution in [-0.4, -0.2) is 9.61 Å². The van der Waals surface area contributed by atoms with Gasteiger partial charge in [-0.3, -0.25) is 4.79 Å². The predicted molar refractivity (Wildman–Crippen MR) is 52.5 cm³/mol. The van der Waals surface area contributed by atoms with E-state index in [-0.39, 0.29) is 11.0 Å². The van der Waals surface area contributed by atoms with Crippen molar-refractivity contribution in [2.75, 3.05) is 0 Å². The first-order valence-corrected chi connectivity index (χ1v) is 4.33. The van der Waals surface area contributed by atoms with Gasteiger partial charge in [0.1, 0.15) is 16.8 Å². The molecule has 0 atom stereocenters. The fraction of sp³-hybridized carbons (Fsp3) is 0.111. The number of nitrogens with zero attached hydrogens (tertiary/aromatic N) is 2. The summed E-state index contributed by atoms with van der Waals surface area (Å²) in [5.41, 5.74) is 0.696. The maximum atomic E-state index is 11.6. The SMILES string of the molecule is Cc1c(Cl)n2[nH]ccc2c(C#N)c1=O. The van der Waals surface area contributed by atoms with Crippen LogP contribution < -0.4 is 5.43 Å². The van der Waals surface area contributed by atoms with Crippen LogP contribution in [0.3, 0.4) is 0 Å². The third-order valence-electron chi connectivity index (χ3n) is 2.13. The minimum Gasteiger partial charge on any atom is -0.300 e. The molecular weight excluding hydrogens is 202 g/mol. The number of pyridine rings is 1. The van der Waals surface area contributed by atoms with Crippen LogP contribution in [0.1, 0.15) is 11.1 Å². The highest BCUT2D eigenvalue weighted by atomic mass is 35.5. The molecule has 0 saturated heterocycles. The second kappa shape index (κ2) is 2.89. The maximum absolute atomic E-state index is 11.6. The number of fused-ring (bicyclic) bond motifs is 1. The molecule has 0 aromatic carbocycles. The normalized spacial score (nSPS) is 10.4. The van der Waals surface area contributed by atoms with Gasteiger partial charge in [-0.05, 0) is 13.0 Å². The van der Waals surface area contributed by atoms with Gasteiger partial charge >= 0.3 is 0 Å². The molecule has 0 spiro atoms. The Bertz CT molecular complexity index is 603. The Balaban J connectivity index is 3.13. The van der Waals surface area contributed by atoms with Crippen molar-refractivity contribution in [1.29, 1.82) is 5.26 Å². The van der Waals surface area contributed by atoms with E-state index >= 15 is 0 Å². The lowest BCUT2D eigenvalue weighted by atomic mass is 10.2. The Hall–Kier alpha value is -1.73. The Kier molecular flexibility index (Phi) is 1.83. The van der Waals surface area contributed by atoms with E-state index in [1.54, 1.807) is 19.2 Å². The quantitative estimate of drug-likeness (QED) is 0.665. The number of rotatable bonds is 0. The zero-order chi connectivity index (χ0) is 10.3. The number of aromatic amines is 1. The largest absolute Gasteiger partial charge is 0.300 e. The third-order valence-corrected chi connectivity index (χ3v) is 2.58. The lowest BCUT2D eigenvalue weighted by Gasteiger charge is -2.02. The molecule has 0 fully saturated rings. The van der Waals surface area contributed by atoms with Crippen LogP contribution in [0, 0.1) is 18.3 Å². The Morgan fingerprint density at radius 3 is 3.00 bits per heavy atom. The molecule has 0 aliphatic carbocycles. The monoisotopic (exact) mass is 207 g/mol. The molecule has 0 aliphatic heterocycles. The number of nitrogens with one attached hydrogen (secondary N) is 1. The summed E-state index contributed by atoms with van der Waals surface area (Å²) >= 11 is 5.92. The molecule has 2 aromatic heterocycles. The minimum absolute atomic E-state index is 0.119. The van der Waals surface area contributed by atoms with Crippen LogP contribution in [0.5, 0.6) is 0 Å². The van der Waals surface area contributed by atoms with Gasteiger partial charge < -0.3 is 5.10 Å². The molecule has 0 saturated carbocycles. The first-order chi connectivity index (χ1) is 6.66. The van der Waals surface area contributed by atoms with Gasteiger partial charge in [0.25, 0.3) is 0 Å². The van der Waals surface area contributed by atoms with Gasteiger partial charge in [0.05, 0.1) is 5.52 Å². The van der Waals surface area contributed by atoms with Gasteiger partial charge in [0, 0.05) is 11.8 Å². The molecule has 4 nitrogen and oxygen atoms in total. The first kappa shape index (κ1) is 8.85. The van der Waals surface area contributed by atoms with Crippen molar-refractivity contribution in [3.8, 4) is 6.07 Å². The van der Waals surface area contributed by atoms with Crippen molar-refractivity contribution >= 4 is 17.1 Å². The fourth-order valence-corrected chi connectivity index (χ4v) is 1.59. The van der Waals surface area contributed by atoms with Crippen molar-refractivity contribution in [3.63, 3.8) is 0 Å². The van der Waals surface area contributed by atoms with Crippen molar-refractivity contribution in [2.24, 2.45) is 0 Å². The van der Waals surface area contributed by atoms with Crippen LogP contribution in [-0.2, 0) is 0 Å². The van der Waals surface area contributed by atoms with Gasteiger partial charge in [-0.15, -0.1) is 0 Å². The molecular formula is C9H6ClN3O. The number of aromatic nitrogens is 2. The number of nitriles is 1. The van der Waals surface area contributed by atoms with Crippen LogP contribution in [0.4, 0.5) is 0 Å². The Labute approximate surface area is 84.3 Å². The van der Waals surface area contributed by atoms with E-state index in [1.165, 1.54) is 4.52 Å². The van der Waals surface area contributed by atoms with Gasteiger partial charge in [-0.25, -0.2) is 4.52 Å². The molecule has 2 heterocycles. The summed E-state index contributed by atoms with van der Waals surface area (Å²) in [7, 11) is 0. The van der Waals surface area contributed by atoms with E-state index in [9.17, 15) is 4.79 Å². The molecule has 2 rings (SSSR count). The Morgan fingerprint density at radius 1 is 1.64 bits per heavy atom. The van der Waals surface area contributed by atoms with Crippen molar-refractivity contribution < 1.29 is 0 Å². The summed E-state index contributed by atoms with van der Waals surface area (Å²) in [6.45, 7) is 1.60. The summed E-state index contributed by atoms with van der Waals surface area (Å²) in [4.78, 5) is 11.6. The molecule has 5 heteroatoms. The van der Waals surface area contributed by atoms with Crippen LogP contribution in [0.15, 0.2) is 17.1 Å². The van der Waals surface area contributed by atoms with E-state index in [4.69, 9.17) is 16.9 Å². The maximum Gasteiger partial charge on any atom is 0.204 e. The first-order valence-electron chi connectivity index (χ1n) is 3.95. The van der Waals surface area contributed by atoms with Crippen LogP contribution >= 0.6 is 11.6 Å². The summed E-state index contributed by atoms with van der Waals surface area (Å²) in [6, 6.07) is 3.52. The van der Waals surface area contributed by atoms with E-state index in [2.05, 4.69) is 5.10 Å². The predicted octanol–water partition coefficient (Wildman–Crippen LogP) is 1.46. The van der Waals surface area contributed by atoms with Crippen LogP contribution in [0.2, 0.25) is 5.15 Å². The average molecular weight is 208 g/mol. The highest BCUT2D eigenvalue weighted by Crippen LogP contribution is 2.16. The smallest absolute Gasteiger partial charge is 0.204 e. The van der Waals surface area contributed by atoms with Crippen molar-refractivity contribution in [3.05, 3.63) is 38.8 Å². The zero-order valence-corrected chi connectivity index (χ0v) is 8.09. The molecule has 14 heavy (non-hydrogen) atoms. The molecule has 0 amide bonds. The molecule has 2 aromatic rings. The summed E-state index contributed by atoms with van der Waals surface area (Å²) in [5.74, 6) is 0. The molecule has 0 radical (unpaired) electrons. The van der Waals surface area contributed by atoms with Crippen molar-refractivity contribution in [2.45, 2.75) is 6.92 Å². The van der Waals surface area contributed by atoms with Crippen molar-refractivity contribution in [1.82, 2.24) is 9.61 Å². The topological polar surface area (TPSA) is 61.1 Å². The van der Waals surface area contributed by atoms with E-state index in [0.29, 0.717) is 16.2 Å². The van der Waals surface area contributed by atoms with E-state index < -0.39 is 0 Å². The summed E-state index contributed by atoms with van der Waals surface area (Å²) in [6.07, 6.45) is 1.63. The van der Waals surface area contributed by atoms with Gasteiger partial charge in [-0.1, -0.05) is 11.6 Å². The van der Waals surface area contributed by atoms with Gasteiger partial charge in [0.2, 0.25) is 5.43 Å². The highest BCUT2D eigenvalue weighted by molar-refractivity contribution is 6.30. The third kappa shape index (κ3) is 0.963. The average Bonchev–Trinajstić information content (AvgIpc) is 2.64. The van der Waals surface area contributed by atoms with Crippen LogP contribution in [0.25, 0.3) is 5.52 Å². The molecule has 1 N–H and O–H groups in total. The fourth-order valence-electron chi connectivity index (χ4n) is 1.37. The molecule has 0 aliphatic rings. The van der Waals surface area contributed by atoms with Gasteiger partial charge in [0.15, 0.2) is 0 Å². The Morgan fingerprint density at radius 2 is 2.36 bits per heavy atom. The second-order valence-corrected chi connectivity index (χ2v) is 3.27. The number of hydrogen-bond donors (Lipinski definition) is 1. The summed E-state index contributed by atoms with van der Waals surface area (Å²) in [5, 5.41) is 12.0. The van der Waals surface area contributed by atoms with E-state index in [0.717, 1.165) is 0 Å². The zero-order valence-electron chi connectivity index (χ0n) is 7.34. The van der Waals surface area contributed by atoms with Gasteiger partial charge in [-0.2, -0.15) is 5.26 Å².